The van der Waals surface area contributed by atoms with Gasteiger partial charge in [0.15, 0.2) is 0 Å². The molecule has 17 heavy (non-hydrogen) atoms. The van der Waals surface area contributed by atoms with Crippen molar-refractivity contribution in [1.82, 2.24) is 4.90 Å². The highest BCUT2D eigenvalue weighted by Gasteiger charge is 2.27. The maximum Gasteiger partial charge on any atom is 0.222 e. The summed E-state index contributed by atoms with van der Waals surface area (Å²) in [6.45, 7) is 3.86. The van der Waals surface area contributed by atoms with E-state index in [1.165, 1.54) is 11.1 Å². The normalized spacial score (nSPS) is 20.0. The lowest BCUT2D eigenvalue weighted by molar-refractivity contribution is -0.127. The van der Waals surface area contributed by atoms with Crippen molar-refractivity contribution < 1.29 is 4.79 Å². The lowest BCUT2D eigenvalue weighted by Gasteiger charge is -2.16. The van der Waals surface area contributed by atoms with Gasteiger partial charge in [0.1, 0.15) is 0 Å². The van der Waals surface area contributed by atoms with Gasteiger partial charge in [0, 0.05) is 24.8 Å². The minimum absolute atomic E-state index is 0.307. The molecular formula is C14H18BrNO. The van der Waals surface area contributed by atoms with Crippen LogP contribution < -0.4 is 0 Å². The molecule has 1 aromatic carbocycles. The van der Waals surface area contributed by atoms with Gasteiger partial charge < -0.3 is 4.90 Å². The Morgan fingerprint density at radius 3 is 2.65 bits per heavy atom. The lowest BCUT2D eigenvalue weighted by atomic mass is 10.1. The average molecular weight is 296 g/mol. The van der Waals surface area contributed by atoms with Crippen molar-refractivity contribution >= 4 is 21.8 Å². The predicted molar refractivity (Wildman–Crippen MR) is 73.4 cm³/mol. The van der Waals surface area contributed by atoms with E-state index in [2.05, 4.69) is 47.1 Å². The van der Waals surface area contributed by atoms with Gasteiger partial charge in [0.25, 0.3) is 0 Å². The fourth-order valence-electron chi connectivity index (χ4n) is 2.19. The fourth-order valence-corrected chi connectivity index (χ4v) is 2.63. The van der Waals surface area contributed by atoms with Crippen LogP contribution in [0.3, 0.4) is 0 Å². The highest BCUT2D eigenvalue weighted by atomic mass is 79.9. The highest BCUT2D eigenvalue weighted by Crippen LogP contribution is 2.19. The number of aryl methyl sites for hydroxylation is 1. The van der Waals surface area contributed by atoms with E-state index in [0.29, 0.717) is 18.2 Å². The molecule has 0 spiro atoms. The molecule has 2 nitrogen and oxygen atoms in total. The second-order valence-electron chi connectivity index (χ2n) is 4.80. The molecule has 1 heterocycles. The molecule has 1 atom stereocenters. The highest BCUT2D eigenvalue weighted by molar-refractivity contribution is 9.09. The lowest BCUT2D eigenvalue weighted by Crippen LogP contribution is -2.27. The monoisotopic (exact) mass is 295 g/mol. The Morgan fingerprint density at radius 2 is 2.06 bits per heavy atom. The van der Waals surface area contributed by atoms with Crippen LogP contribution in [-0.2, 0) is 11.2 Å². The van der Waals surface area contributed by atoms with E-state index in [-0.39, 0.29) is 0 Å². The van der Waals surface area contributed by atoms with Crippen LogP contribution in [0.4, 0.5) is 0 Å². The molecule has 1 fully saturated rings. The number of carbonyl (C=O) groups is 1. The maximum atomic E-state index is 11.7. The number of amides is 1. The van der Waals surface area contributed by atoms with Gasteiger partial charge in [0.2, 0.25) is 5.91 Å². The van der Waals surface area contributed by atoms with E-state index >= 15 is 0 Å². The smallest absolute Gasteiger partial charge is 0.222 e. The number of carbonyl (C=O) groups excluding carboxylic acids is 1. The van der Waals surface area contributed by atoms with Gasteiger partial charge >= 0.3 is 0 Å². The van der Waals surface area contributed by atoms with Gasteiger partial charge in [-0.05, 0) is 24.8 Å². The average Bonchev–Trinajstić information content (AvgIpc) is 2.69. The molecule has 0 saturated carbocycles. The third-order valence-electron chi connectivity index (χ3n) is 3.30. The zero-order valence-electron chi connectivity index (χ0n) is 10.2. The van der Waals surface area contributed by atoms with E-state index in [1.807, 2.05) is 4.90 Å². The Balaban J connectivity index is 1.86. The molecule has 1 aliphatic rings. The molecule has 2 rings (SSSR count). The van der Waals surface area contributed by atoms with Crippen molar-refractivity contribution in [3.05, 3.63) is 35.4 Å². The van der Waals surface area contributed by atoms with Crippen molar-refractivity contribution in [1.29, 1.82) is 0 Å². The van der Waals surface area contributed by atoms with Crippen LogP contribution in [0.5, 0.6) is 0 Å². The van der Waals surface area contributed by atoms with Gasteiger partial charge in [0.05, 0.1) is 0 Å². The first kappa shape index (κ1) is 12.6. The number of hydrogen-bond donors (Lipinski definition) is 0. The Labute approximate surface area is 111 Å². The summed E-state index contributed by atoms with van der Waals surface area (Å²) in [4.78, 5) is 13.7. The van der Waals surface area contributed by atoms with Gasteiger partial charge in [-0.3, -0.25) is 4.79 Å². The van der Waals surface area contributed by atoms with Crippen molar-refractivity contribution in [3.63, 3.8) is 0 Å². The summed E-state index contributed by atoms with van der Waals surface area (Å²) in [6.07, 6.45) is 1.67. The van der Waals surface area contributed by atoms with Crippen LogP contribution in [0.15, 0.2) is 24.3 Å². The molecule has 0 aromatic heterocycles. The molecule has 1 unspecified atom stereocenters. The molecular weight excluding hydrogens is 278 g/mol. The Kier molecular flexibility index (Phi) is 4.21. The van der Waals surface area contributed by atoms with E-state index in [4.69, 9.17) is 0 Å². The molecule has 1 aromatic rings. The quantitative estimate of drug-likeness (QED) is 0.782. The zero-order chi connectivity index (χ0) is 12.3. The van der Waals surface area contributed by atoms with Gasteiger partial charge in [-0.25, -0.2) is 0 Å². The largest absolute Gasteiger partial charge is 0.342 e. The van der Waals surface area contributed by atoms with Gasteiger partial charge in [-0.1, -0.05) is 45.8 Å². The van der Waals surface area contributed by atoms with Gasteiger partial charge in [-0.2, -0.15) is 0 Å². The third kappa shape index (κ3) is 3.32. The minimum atomic E-state index is 0.307. The van der Waals surface area contributed by atoms with E-state index in [1.54, 1.807) is 0 Å². The molecule has 0 N–H and O–H groups in total. The number of halogens is 1. The first-order valence-electron chi connectivity index (χ1n) is 6.08. The summed E-state index contributed by atoms with van der Waals surface area (Å²) in [6, 6.07) is 8.56. The summed E-state index contributed by atoms with van der Waals surface area (Å²) in [5.41, 5.74) is 2.59. The van der Waals surface area contributed by atoms with E-state index < -0.39 is 0 Å². The summed E-state index contributed by atoms with van der Waals surface area (Å²) in [7, 11) is 0. The SMILES string of the molecule is Cc1ccc(CCN2CC(CBr)CC2=O)cc1. The molecule has 0 radical (unpaired) electrons. The molecule has 0 aliphatic carbocycles. The summed E-state index contributed by atoms with van der Waals surface area (Å²) in [5.74, 6) is 0.807. The van der Waals surface area contributed by atoms with Crippen molar-refractivity contribution in [3.8, 4) is 0 Å². The Bertz CT molecular complexity index is 388. The van der Waals surface area contributed by atoms with Crippen LogP contribution in [0, 0.1) is 12.8 Å². The number of hydrogen-bond acceptors (Lipinski definition) is 1. The minimum Gasteiger partial charge on any atom is -0.342 e. The molecule has 3 heteroatoms. The summed E-state index contributed by atoms with van der Waals surface area (Å²) >= 11 is 3.46. The van der Waals surface area contributed by atoms with E-state index in [0.717, 1.165) is 24.8 Å². The van der Waals surface area contributed by atoms with Crippen LogP contribution in [-0.4, -0.2) is 29.2 Å². The Morgan fingerprint density at radius 1 is 1.35 bits per heavy atom. The predicted octanol–water partition coefficient (Wildman–Crippen LogP) is 2.78. The van der Waals surface area contributed by atoms with Crippen LogP contribution in [0.1, 0.15) is 17.5 Å². The zero-order valence-corrected chi connectivity index (χ0v) is 11.7. The van der Waals surface area contributed by atoms with Crippen molar-refractivity contribution in [2.24, 2.45) is 5.92 Å². The molecule has 1 saturated heterocycles. The number of likely N-dealkylation sites (tertiary alicyclic amines) is 1. The van der Waals surface area contributed by atoms with Gasteiger partial charge in [-0.15, -0.1) is 0 Å². The first-order valence-corrected chi connectivity index (χ1v) is 7.20. The number of nitrogens with zero attached hydrogens (tertiary/aromatic N) is 1. The van der Waals surface area contributed by atoms with Crippen LogP contribution in [0.25, 0.3) is 0 Å². The number of benzene rings is 1. The summed E-state index contributed by atoms with van der Waals surface area (Å²) in [5, 5.41) is 0.930. The second-order valence-corrected chi connectivity index (χ2v) is 5.45. The Hall–Kier alpha value is -0.830. The van der Waals surface area contributed by atoms with E-state index in [9.17, 15) is 4.79 Å². The van der Waals surface area contributed by atoms with Crippen molar-refractivity contribution in [2.45, 2.75) is 19.8 Å². The van der Waals surface area contributed by atoms with Crippen molar-refractivity contribution in [2.75, 3.05) is 18.4 Å². The molecule has 92 valence electrons. The standard InChI is InChI=1S/C14H18BrNO/c1-11-2-4-12(5-3-11)6-7-16-10-13(9-15)8-14(16)17/h2-5,13H,6-10H2,1H3. The first-order chi connectivity index (χ1) is 8.19. The number of rotatable bonds is 4. The maximum absolute atomic E-state index is 11.7. The molecule has 0 bridgehead atoms. The molecule has 1 amide bonds. The summed E-state index contributed by atoms with van der Waals surface area (Å²) < 4.78 is 0. The third-order valence-corrected chi connectivity index (χ3v) is 4.22. The number of alkyl halides is 1. The van der Waals surface area contributed by atoms with Crippen LogP contribution in [0.2, 0.25) is 0 Å². The molecule has 1 aliphatic heterocycles. The second kappa shape index (κ2) is 5.67. The topological polar surface area (TPSA) is 20.3 Å². The van der Waals surface area contributed by atoms with Crippen LogP contribution >= 0.6 is 15.9 Å². The fraction of sp³-hybridized carbons (Fsp3) is 0.500.